The van der Waals surface area contributed by atoms with E-state index in [1.54, 1.807) is 13.1 Å². The minimum absolute atomic E-state index is 0.0234. The highest BCUT2D eigenvalue weighted by Crippen LogP contribution is 2.31. The first-order valence-corrected chi connectivity index (χ1v) is 7.50. The van der Waals surface area contributed by atoms with Gasteiger partial charge in [-0.15, -0.1) is 0 Å². The van der Waals surface area contributed by atoms with Crippen molar-refractivity contribution in [3.05, 3.63) is 29.6 Å². The van der Waals surface area contributed by atoms with Gasteiger partial charge in [0, 0.05) is 37.4 Å². The third-order valence-electron chi connectivity index (χ3n) is 4.28. The second kappa shape index (κ2) is 6.89. The normalized spacial score (nSPS) is 20.2. The summed E-state index contributed by atoms with van der Waals surface area (Å²) in [4.78, 5) is 14.0. The van der Waals surface area contributed by atoms with Gasteiger partial charge < -0.3 is 15.5 Å². The molecule has 1 heterocycles. The van der Waals surface area contributed by atoms with E-state index in [1.807, 2.05) is 20.0 Å². The zero-order chi connectivity index (χ0) is 15.4. The first-order chi connectivity index (χ1) is 10.1. The first kappa shape index (κ1) is 15.8. The number of amides is 1. The van der Waals surface area contributed by atoms with E-state index in [9.17, 15) is 9.18 Å². The van der Waals surface area contributed by atoms with E-state index < -0.39 is 0 Å². The fourth-order valence-electron chi connectivity index (χ4n) is 2.99. The van der Waals surface area contributed by atoms with E-state index >= 15 is 0 Å². The van der Waals surface area contributed by atoms with Gasteiger partial charge in [-0.25, -0.2) is 4.39 Å². The Morgan fingerprint density at radius 3 is 2.86 bits per heavy atom. The summed E-state index contributed by atoms with van der Waals surface area (Å²) in [5.41, 5.74) is 1.57. The molecule has 1 amide bonds. The summed E-state index contributed by atoms with van der Waals surface area (Å²) < 4.78 is 14.2. The number of halogens is 1. The number of rotatable bonds is 4. The molecule has 2 unspecified atom stereocenters. The maximum atomic E-state index is 14.2. The van der Waals surface area contributed by atoms with Crippen molar-refractivity contribution in [3.8, 4) is 0 Å². The molecular formula is C16H24FN3O. The van der Waals surface area contributed by atoms with Crippen LogP contribution in [0.4, 0.5) is 10.1 Å². The van der Waals surface area contributed by atoms with E-state index in [-0.39, 0.29) is 23.7 Å². The van der Waals surface area contributed by atoms with Crippen LogP contribution in [0.1, 0.15) is 31.4 Å². The standard InChI is InChI=1S/C16H24FN3O/c1-11(18-2)15-13(17)7-4-8-14(15)20-9-5-6-12(10-20)16(21)19-3/h4,7-8,11-12,18H,5-6,9-10H2,1-3H3,(H,19,21). The summed E-state index contributed by atoms with van der Waals surface area (Å²) in [6.45, 7) is 3.45. The molecule has 2 atom stereocenters. The molecule has 2 rings (SSSR count). The first-order valence-electron chi connectivity index (χ1n) is 7.50. The molecule has 0 bridgehead atoms. The van der Waals surface area contributed by atoms with Gasteiger partial charge in [-0.2, -0.15) is 0 Å². The zero-order valence-electron chi connectivity index (χ0n) is 12.9. The number of anilines is 1. The van der Waals surface area contributed by atoms with Gasteiger partial charge >= 0.3 is 0 Å². The highest BCUT2D eigenvalue weighted by molar-refractivity contribution is 5.79. The Morgan fingerprint density at radius 2 is 2.19 bits per heavy atom. The van der Waals surface area contributed by atoms with Gasteiger partial charge in [-0.05, 0) is 38.9 Å². The molecule has 1 aromatic carbocycles. The van der Waals surface area contributed by atoms with E-state index in [1.165, 1.54) is 6.07 Å². The smallest absolute Gasteiger partial charge is 0.224 e. The number of carbonyl (C=O) groups is 1. The Morgan fingerprint density at radius 1 is 1.43 bits per heavy atom. The minimum atomic E-state index is -0.198. The van der Waals surface area contributed by atoms with Crippen molar-refractivity contribution in [1.29, 1.82) is 0 Å². The summed E-state index contributed by atoms with van der Waals surface area (Å²) in [6, 6.07) is 5.10. The van der Waals surface area contributed by atoms with Crippen molar-refractivity contribution < 1.29 is 9.18 Å². The number of hydrogen-bond acceptors (Lipinski definition) is 3. The number of benzene rings is 1. The number of piperidine rings is 1. The molecule has 0 aliphatic carbocycles. The van der Waals surface area contributed by atoms with Gasteiger partial charge in [0.2, 0.25) is 5.91 Å². The molecule has 1 fully saturated rings. The van der Waals surface area contributed by atoms with Crippen molar-refractivity contribution in [3.63, 3.8) is 0 Å². The number of nitrogens with zero attached hydrogens (tertiary/aromatic N) is 1. The molecule has 21 heavy (non-hydrogen) atoms. The average Bonchev–Trinajstić information content (AvgIpc) is 2.53. The van der Waals surface area contributed by atoms with Crippen molar-refractivity contribution >= 4 is 11.6 Å². The van der Waals surface area contributed by atoms with Crippen LogP contribution >= 0.6 is 0 Å². The summed E-state index contributed by atoms with van der Waals surface area (Å²) in [6.07, 6.45) is 1.84. The molecule has 1 saturated heterocycles. The monoisotopic (exact) mass is 293 g/mol. The van der Waals surface area contributed by atoms with E-state index in [0.29, 0.717) is 12.1 Å². The van der Waals surface area contributed by atoms with Crippen LogP contribution in [0.25, 0.3) is 0 Å². The Labute approximate surface area is 125 Å². The van der Waals surface area contributed by atoms with Crippen LogP contribution in [-0.2, 0) is 4.79 Å². The molecule has 0 radical (unpaired) electrons. The Bertz CT molecular complexity index is 506. The molecule has 1 aromatic rings. The maximum Gasteiger partial charge on any atom is 0.224 e. The summed E-state index contributed by atoms with van der Waals surface area (Å²) >= 11 is 0. The van der Waals surface area contributed by atoms with Gasteiger partial charge in [0.1, 0.15) is 5.82 Å². The Balaban J connectivity index is 2.29. The van der Waals surface area contributed by atoms with Gasteiger partial charge in [-0.1, -0.05) is 6.07 Å². The second-order valence-corrected chi connectivity index (χ2v) is 5.58. The SMILES string of the molecule is CNC(=O)C1CCCN(c2cccc(F)c2C(C)NC)C1. The molecule has 0 spiro atoms. The highest BCUT2D eigenvalue weighted by Gasteiger charge is 2.27. The average molecular weight is 293 g/mol. The summed E-state index contributed by atoms with van der Waals surface area (Å²) in [5.74, 6) is -0.152. The quantitative estimate of drug-likeness (QED) is 0.893. The van der Waals surface area contributed by atoms with Crippen LogP contribution in [0.3, 0.4) is 0 Å². The molecular weight excluding hydrogens is 269 g/mol. The molecule has 0 aromatic heterocycles. The molecule has 2 N–H and O–H groups in total. The van der Waals surface area contributed by atoms with Gasteiger partial charge in [0.25, 0.3) is 0 Å². The van der Waals surface area contributed by atoms with Crippen LogP contribution in [0.2, 0.25) is 0 Å². The largest absolute Gasteiger partial charge is 0.370 e. The number of carbonyl (C=O) groups excluding carboxylic acids is 1. The van der Waals surface area contributed by atoms with Crippen molar-refractivity contribution in [2.75, 3.05) is 32.1 Å². The molecule has 4 nitrogen and oxygen atoms in total. The number of hydrogen-bond donors (Lipinski definition) is 2. The topological polar surface area (TPSA) is 44.4 Å². The highest BCUT2D eigenvalue weighted by atomic mass is 19.1. The lowest BCUT2D eigenvalue weighted by Gasteiger charge is -2.35. The second-order valence-electron chi connectivity index (χ2n) is 5.58. The lowest BCUT2D eigenvalue weighted by molar-refractivity contribution is -0.124. The zero-order valence-corrected chi connectivity index (χ0v) is 12.9. The molecule has 0 saturated carbocycles. The Hall–Kier alpha value is -1.62. The van der Waals surface area contributed by atoms with E-state index in [2.05, 4.69) is 15.5 Å². The predicted molar refractivity (Wildman–Crippen MR) is 82.9 cm³/mol. The molecule has 1 aliphatic rings. The third-order valence-corrected chi connectivity index (χ3v) is 4.28. The summed E-state index contributed by atoms with van der Waals surface area (Å²) in [7, 11) is 3.49. The third kappa shape index (κ3) is 3.35. The van der Waals surface area contributed by atoms with E-state index in [0.717, 1.165) is 25.1 Å². The van der Waals surface area contributed by atoms with E-state index in [4.69, 9.17) is 0 Å². The van der Waals surface area contributed by atoms with Crippen LogP contribution in [0.5, 0.6) is 0 Å². The fourth-order valence-corrected chi connectivity index (χ4v) is 2.99. The van der Waals surface area contributed by atoms with Crippen LogP contribution < -0.4 is 15.5 Å². The van der Waals surface area contributed by atoms with Crippen LogP contribution in [0.15, 0.2) is 18.2 Å². The van der Waals surface area contributed by atoms with Crippen LogP contribution in [0, 0.1) is 11.7 Å². The van der Waals surface area contributed by atoms with Crippen molar-refractivity contribution in [1.82, 2.24) is 10.6 Å². The lowest BCUT2D eigenvalue weighted by Crippen LogP contribution is -2.42. The van der Waals surface area contributed by atoms with Gasteiger partial charge in [-0.3, -0.25) is 4.79 Å². The molecule has 1 aliphatic heterocycles. The predicted octanol–water partition coefficient (Wildman–Crippen LogP) is 2.07. The van der Waals surface area contributed by atoms with Crippen molar-refractivity contribution in [2.24, 2.45) is 5.92 Å². The van der Waals surface area contributed by atoms with Crippen molar-refractivity contribution in [2.45, 2.75) is 25.8 Å². The minimum Gasteiger partial charge on any atom is -0.370 e. The number of nitrogens with one attached hydrogen (secondary N) is 2. The van der Waals surface area contributed by atoms with Gasteiger partial charge in [0.05, 0.1) is 5.92 Å². The molecule has 5 heteroatoms. The fraction of sp³-hybridized carbons (Fsp3) is 0.562. The van der Waals surface area contributed by atoms with Crippen LogP contribution in [-0.4, -0.2) is 33.1 Å². The molecule has 116 valence electrons. The lowest BCUT2D eigenvalue weighted by atomic mass is 9.95. The van der Waals surface area contributed by atoms with Gasteiger partial charge in [0.15, 0.2) is 0 Å². The maximum absolute atomic E-state index is 14.2. The summed E-state index contributed by atoms with van der Waals surface area (Å²) in [5, 5.41) is 5.82. The Kier molecular flexibility index (Phi) is 5.17.